The van der Waals surface area contributed by atoms with Gasteiger partial charge >= 0.3 is 0 Å². The number of rotatable bonds is 4. The zero-order valence-corrected chi connectivity index (χ0v) is 11.8. The summed E-state index contributed by atoms with van der Waals surface area (Å²) in [5.41, 5.74) is 0.962. The number of hydrogen-bond donors (Lipinski definition) is 0. The van der Waals surface area contributed by atoms with Crippen LogP contribution in [0.25, 0.3) is 0 Å². The van der Waals surface area contributed by atoms with Crippen molar-refractivity contribution < 1.29 is 9.53 Å². The lowest BCUT2D eigenvalue weighted by atomic mass is 10.1. The van der Waals surface area contributed by atoms with Gasteiger partial charge in [0.1, 0.15) is 0 Å². The molecule has 0 spiro atoms. The first-order valence-corrected chi connectivity index (χ1v) is 6.47. The molecule has 0 amide bonds. The van der Waals surface area contributed by atoms with Gasteiger partial charge in [-0.05, 0) is 36.4 Å². The highest BCUT2D eigenvalue weighted by molar-refractivity contribution is 6.37. The summed E-state index contributed by atoms with van der Waals surface area (Å²) < 4.78 is 5.36. The van der Waals surface area contributed by atoms with Crippen molar-refractivity contribution in [3.63, 3.8) is 0 Å². The Labute approximate surface area is 126 Å². The highest BCUT2D eigenvalue weighted by Crippen LogP contribution is 2.32. The van der Waals surface area contributed by atoms with Crippen LogP contribution in [0.2, 0.25) is 10.0 Å². The normalized spacial score (nSPS) is 9.85. The van der Waals surface area contributed by atoms with Gasteiger partial charge < -0.3 is 4.74 Å². The number of ether oxygens (including phenoxy) is 1. The third kappa shape index (κ3) is 3.30. The summed E-state index contributed by atoms with van der Waals surface area (Å²) in [6.45, 7) is -0.171. The van der Waals surface area contributed by atoms with Crippen LogP contribution in [0.15, 0.2) is 42.5 Å². The van der Waals surface area contributed by atoms with Crippen LogP contribution in [0.4, 0.5) is 0 Å². The second kappa shape index (κ2) is 6.42. The molecule has 0 heterocycles. The van der Waals surface area contributed by atoms with Crippen LogP contribution in [0, 0.1) is 11.3 Å². The largest absolute Gasteiger partial charge is 0.482 e. The smallest absolute Gasteiger partial charge is 0.200 e. The zero-order valence-electron chi connectivity index (χ0n) is 10.3. The van der Waals surface area contributed by atoms with Gasteiger partial charge in [-0.15, -0.1) is 0 Å². The maximum absolute atomic E-state index is 11.9. The molecule has 0 aromatic heterocycles. The molecule has 5 heteroatoms. The van der Waals surface area contributed by atoms with Crippen molar-refractivity contribution in [1.29, 1.82) is 5.26 Å². The number of hydrogen-bond acceptors (Lipinski definition) is 3. The van der Waals surface area contributed by atoms with Crippen molar-refractivity contribution in [2.24, 2.45) is 0 Å². The van der Waals surface area contributed by atoms with Crippen LogP contribution in [0.1, 0.15) is 15.9 Å². The Morgan fingerprint density at radius 1 is 1.10 bits per heavy atom. The Bertz CT molecular complexity index is 655. The molecule has 2 rings (SSSR count). The quantitative estimate of drug-likeness (QED) is 0.798. The van der Waals surface area contributed by atoms with Crippen LogP contribution in [-0.4, -0.2) is 12.4 Å². The number of halogens is 2. The van der Waals surface area contributed by atoms with Gasteiger partial charge in [0.25, 0.3) is 0 Å². The summed E-state index contributed by atoms with van der Waals surface area (Å²) >= 11 is 11.9. The van der Waals surface area contributed by atoms with E-state index in [1.54, 1.807) is 42.5 Å². The standard InChI is InChI=1S/C15H9Cl2NO2/c16-12-2-1-3-13(17)15(12)20-9-14(19)11-6-4-10(8-18)5-7-11/h1-7H,9H2. The van der Waals surface area contributed by atoms with Gasteiger partial charge in [-0.2, -0.15) is 5.26 Å². The predicted molar refractivity (Wildman–Crippen MR) is 77.4 cm³/mol. The first-order valence-electron chi connectivity index (χ1n) is 5.72. The van der Waals surface area contributed by atoms with Crippen molar-refractivity contribution in [3.8, 4) is 11.8 Å². The van der Waals surface area contributed by atoms with Gasteiger partial charge in [0, 0.05) is 5.56 Å². The van der Waals surface area contributed by atoms with E-state index >= 15 is 0 Å². The molecule has 2 aromatic rings. The number of carbonyl (C=O) groups is 1. The molecular formula is C15H9Cl2NO2. The fourth-order valence-corrected chi connectivity index (χ4v) is 2.08. The summed E-state index contributed by atoms with van der Waals surface area (Å²) in [4.78, 5) is 11.9. The average molecular weight is 306 g/mol. The van der Waals surface area contributed by atoms with Crippen molar-refractivity contribution in [2.75, 3.05) is 6.61 Å². The highest BCUT2D eigenvalue weighted by atomic mass is 35.5. The lowest BCUT2D eigenvalue weighted by molar-refractivity contribution is 0.0921. The molecule has 0 bridgehead atoms. The molecule has 2 aromatic carbocycles. The Morgan fingerprint density at radius 3 is 2.25 bits per heavy atom. The minimum atomic E-state index is -0.217. The third-order valence-electron chi connectivity index (χ3n) is 2.60. The van der Waals surface area contributed by atoms with Gasteiger partial charge in [-0.3, -0.25) is 4.79 Å². The number of benzene rings is 2. The minimum absolute atomic E-state index is 0.171. The molecule has 0 N–H and O–H groups in total. The average Bonchev–Trinajstić information content (AvgIpc) is 2.46. The summed E-state index contributed by atoms with van der Waals surface area (Å²) in [6, 6.07) is 13.3. The molecule has 0 aliphatic heterocycles. The van der Waals surface area contributed by atoms with Gasteiger partial charge in [0.05, 0.1) is 21.7 Å². The van der Waals surface area contributed by atoms with E-state index in [4.69, 9.17) is 33.2 Å². The fraction of sp³-hybridized carbons (Fsp3) is 0.0667. The van der Waals surface area contributed by atoms with E-state index in [-0.39, 0.29) is 18.1 Å². The molecule has 20 heavy (non-hydrogen) atoms. The van der Waals surface area contributed by atoms with E-state index in [0.717, 1.165) is 0 Å². The Hall–Kier alpha value is -2.02. The third-order valence-corrected chi connectivity index (χ3v) is 3.20. The predicted octanol–water partition coefficient (Wildman–Crippen LogP) is 4.13. The van der Waals surface area contributed by atoms with Crippen LogP contribution < -0.4 is 4.74 Å². The highest BCUT2D eigenvalue weighted by Gasteiger charge is 2.11. The first-order chi connectivity index (χ1) is 9.61. The number of nitrogens with zero attached hydrogens (tertiary/aromatic N) is 1. The fourth-order valence-electron chi connectivity index (χ4n) is 1.57. The van der Waals surface area contributed by atoms with Crippen molar-refractivity contribution in [1.82, 2.24) is 0 Å². The number of nitriles is 1. The van der Waals surface area contributed by atoms with Gasteiger partial charge in [-0.25, -0.2) is 0 Å². The number of carbonyl (C=O) groups excluding carboxylic acids is 1. The summed E-state index contributed by atoms with van der Waals surface area (Å²) in [5.74, 6) is 0.0725. The summed E-state index contributed by atoms with van der Waals surface area (Å²) in [5, 5.41) is 9.40. The van der Waals surface area contributed by atoms with Crippen molar-refractivity contribution >= 4 is 29.0 Å². The van der Waals surface area contributed by atoms with Crippen LogP contribution in [-0.2, 0) is 0 Å². The molecule has 0 atom stereocenters. The maximum atomic E-state index is 11.9. The Balaban J connectivity index is 2.07. The first kappa shape index (κ1) is 14.4. The monoisotopic (exact) mass is 305 g/mol. The molecule has 0 fully saturated rings. The molecule has 0 aliphatic carbocycles. The van der Waals surface area contributed by atoms with Crippen LogP contribution in [0.5, 0.6) is 5.75 Å². The Morgan fingerprint density at radius 2 is 1.70 bits per heavy atom. The van der Waals surface area contributed by atoms with Crippen molar-refractivity contribution in [3.05, 3.63) is 63.6 Å². The summed E-state index contributed by atoms with van der Waals surface area (Å²) in [7, 11) is 0. The van der Waals surface area contributed by atoms with Crippen LogP contribution >= 0.6 is 23.2 Å². The van der Waals surface area contributed by atoms with Crippen LogP contribution in [0.3, 0.4) is 0 Å². The number of Topliss-reactive ketones (excluding diaryl/α,β-unsaturated/α-hetero) is 1. The zero-order chi connectivity index (χ0) is 14.5. The van der Waals surface area contributed by atoms with Crippen molar-refractivity contribution in [2.45, 2.75) is 0 Å². The molecule has 0 saturated carbocycles. The van der Waals surface area contributed by atoms with E-state index in [9.17, 15) is 4.79 Å². The number of ketones is 1. The molecule has 3 nitrogen and oxygen atoms in total. The molecule has 0 radical (unpaired) electrons. The lowest BCUT2D eigenvalue weighted by Crippen LogP contribution is -2.12. The molecule has 0 saturated heterocycles. The van der Waals surface area contributed by atoms with E-state index in [2.05, 4.69) is 0 Å². The lowest BCUT2D eigenvalue weighted by Gasteiger charge is -2.09. The topological polar surface area (TPSA) is 50.1 Å². The second-order valence-electron chi connectivity index (χ2n) is 3.95. The minimum Gasteiger partial charge on any atom is -0.482 e. The molecule has 100 valence electrons. The van der Waals surface area contributed by atoms with E-state index in [1.807, 2.05) is 6.07 Å². The van der Waals surface area contributed by atoms with E-state index < -0.39 is 0 Å². The number of para-hydroxylation sites is 1. The van der Waals surface area contributed by atoms with Gasteiger partial charge in [0.15, 0.2) is 18.1 Å². The molecule has 0 aliphatic rings. The summed E-state index contributed by atoms with van der Waals surface area (Å²) in [6.07, 6.45) is 0. The van der Waals surface area contributed by atoms with Gasteiger partial charge in [0.2, 0.25) is 0 Å². The second-order valence-corrected chi connectivity index (χ2v) is 4.77. The van der Waals surface area contributed by atoms with E-state index in [0.29, 0.717) is 21.2 Å². The van der Waals surface area contributed by atoms with Gasteiger partial charge in [-0.1, -0.05) is 29.3 Å². The van der Waals surface area contributed by atoms with E-state index in [1.165, 1.54) is 0 Å². The SMILES string of the molecule is N#Cc1ccc(C(=O)COc2c(Cl)cccc2Cl)cc1. The Kier molecular flexibility index (Phi) is 4.62. The molecule has 0 unspecified atom stereocenters. The maximum Gasteiger partial charge on any atom is 0.200 e. The molecular weight excluding hydrogens is 297 g/mol.